The molecule has 0 unspecified atom stereocenters. The second-order valence-corrected chi connectivity index (χ2v) is 7.70. The van der Waals surface area contributed by atoms with Crippen LogP contribution in [-0.4, -0.2) is 39.7 Å². The molecule has 0 bridgehead atoms. The van der Waals surface area contributed by atoms with Crippen molar-refractivity contribution in [1.82, 2.24) is 25.4 Å². The van der Waals surface area contributed by atoms with Crippen LogP contribution in [0.25, 0.3) is 16.4 Å². The summed E-state index contributed by atoms with van der Waals surface area (Å²) in [5.74, 6) is 0.224. The highest BCUT2D eigenvalue weighted by atomic mass is 32.1. The van der Waals surface area contributed by atoms with E-state index in [9.17, 15) is 9.59 Å². The van der Waals surface area contributed by atoms with E-state index in [4.69, 9.17) is 0 Å². The van der Waals surface area contributed by atoms with Gasteiger partial charge in [-0.3, -0.25) is 9.59 Å². The van der Waals surface area contributed by atoms with Crippen molar-refractivity contribution in [1.29, 1.82) is 0 Å². The fourth-order valence-corrected chi connectivity index (χ4v) is 3.72. The molecule has 0 spiro atoms. The number of hydrogen-bond donors (Lipinski definition) is 2. The summed E-state index contributed by atoms with van der Waals surface area (Å²) in [5.41, 5.74) is 1.77. The average molecular weight is 432 g/mol. The van der Waals surface area contributed by atoms with Gasteiger partial charge < -0.3 is 10.6 Å². The second kappa shape index (κ2) is 9.82. The number of benzene rings is 2. The summed E-state index contributed by atoms with van der Waals surface area (Å²) in [7, 11) is 0. The highest BCUT2D eigenvalue weighted by Crippen LogP contribution is 2.25. The zero-order valence-electron chi connectivity index (χ0n) is 16.7. The average Bonchev–Trinajstić information content (AvgIpc) is 3.48. The summed E-state index contributed by atoms with van der Waals surface area (Å²) in [6, 6.07) is 23.0. The first-order chi connectivity index (χ1) is 15.2. The van der Waals surface area contributed by atoms with E-state index in [1.165, 1.54) is 11.3 Å². The van der Waals surface area contributed by atoms with E-state index in [0.717, 1.165) is 16.1 Å². The first-order valence-corrected chi connectivity index (χ1v) is 10.7. The molecule has 4 rings (SSSR count). The van der Waals surface area contributed by atoms with Gasteiger partial charge in [0.2, 0.25) is 11.7 Å². The molecule has 2 aromatic carbocycles. The summed E-state index contributed by atoms with van der Waals surface area (Å²) in [5, 5.41) is 11.9. The minimum absolute atomic E-state index is 0.0860. The van der Waals surface area contributed by atoms with Gasteiger partial charge in [-0.05, 0) is 29.1 Å². The standard InChI is InChI=1S/C23H21N5O2S/c29-20(16-17-8-3-1-4-9-17)24-13-14-25-23(30)21-26-22(19-12-7-15-31-19)28(27-21)18-10-5-2-6-11-18/h1-12,15H,13-14,16H2,(H,24,29)(H,25,30). The Bertz CT molecular complexity index is 1140. The Labute approximate surface area is 183 Å². The Morgan fingerprint density at radius 3 is 2.29 bits per heavy atom. The third-order valence-electron chi connectivity index (χ3n) is 4.49. The predicted molar refractivity (Wildman–Crippen MR) is 120 cm³/mol. The van der Waals surface area contributed by atoms with E-state index in [0.29, 0.717) is 18.8 Å². The van der Waals surface area contributed by atoms with Crippen LogP contribution < -0.4 is 10.6 Å². The number of nitrogens with one attached hydrogen (secondary N) is 2. The molecule has 7 nitrogen and oxygen atoms in total. The van der Waals surface area contributed by atoms with E-state index in [2.05, 4.69) is 20.7 Å². The van der Waals surface area contributed by atoms with Crippen molar-refractivity contribution in [2.75, 3.05) is 13.1 Å². The van der Waals surface area contributed by atoms with Crippen LogP contribution in [0.3, 0.4) is 0 Å². The second-order valence-electron chi connectivity index (χ2n) is 6.75. The molecule has 0 saturated carbocycles. The van der Waals surface area contributed by atoms with Gasteiger partial charge in [0.15, 0.2) is 5.82 Å². The number of carbonyl (C=O) groups is 2. The van der Waals surface area contributed by atoms with Crippen molar-refractivity contribution in [3.63, 3.8) is 0 Å². The van der Waals surface area contributed by atoms with Crippen molar-refractivity contribution in [2.45, 2.75) is 6.42 Å². The van der Waals surface area contributed by atoms with Crippen molar-refractivity contribution in [3.8, 4) is 16.4 Å². The number of amides is 2. The van der Waals surface area contributed by atoms with Gasteiger partial charge in [0.1, 0.15) is 0 Å². The molecule has 2 heterocycles. The molecule has 0 fully saturated rings. The summed E-state index contributed by atoms with van der Waals surface area (Å²) < 4.78 is 1.67. The number of thiophene rings is 1. The Balaban J connectivity index is 1.37. The molecular formula is C23H21N5O2S. The van der Waals surface area contributed by atoms with Gasteiger partial charge in [0.25, 0.3) is 5.91 Å². The maximum Gasteiger partial charge on any atom is 0.291 e. The number of rotatable bonds is 8. The largest absolute Gasteiger partial charge is 0.354 e. The number of carbonyl (C=O) groups excluding carboxylic acids is 2. The summed E-state index contributed by atoms with van der Waals surface area (Å²) >= 11 is 1.53. The minimum atomic E-state index is -0.384. The molecule has 4 aromatic rings. The van der Waals surface area contributed by atoms with Gasteiger partial charge in [-0.15, -0.1) is 16.4 Å². The molecule has 8 heteroatoms. The van der Waals surface area contributed by atoms with Crippen LogP contribution in [-0.2, 0) is 11.2 Å². The van der Waals surface area contributed by atoms with Crippen LogP contribution in [0, 0.1) is 0 Å². The van der Waals surface area contributed by atoms with Crippen LogP contribution in [0.15, 0.2) is 78.2 Å². The van der Waals surface area contributed by atoms with Crippen LogP contribution in [0.4, 0.5) is 0 Å². The van der Waals surface area contributed by atoms with Crippen LogP contribution in [0.5, 0.6) is 0 Å². The highest BCUT2D eigenvalue weighted by Gasteiger charge is 2.19. The monoisotopic (exact) mass is 431 g/mol. The third kappa shape index (κ3) is 5.23. The van der Waals surface area contributed by atoms with Gasteiger partial charge in [-0.25, -0.2) is 9.67 Å². The summed E-state index contributed by atoms with van der Waals surface area (Å²) in [6.07, 6.45) is 0.308. The van der Waals surface area contributed by atoms with E-state index < -0.39 is 0 Å². The first kappa shape index (κ1) is 20.5. The van der Waals surface area contributed by atoms with E-state index in [1.54, 1.807) is 4.68 Å². The molecule has 0 aliphatic carbocycles. The lowest BCUT2D eigenvalue weighted by atomic mass is 10.1. The minimum Gasteiger partial charge on any atom is -0.354 e. The highest BCUT2D eigenvalue weighted by molar-refractivity contribution is 7.13. The fraction of sp³-hybridized carbons (Fsp3) is 0.130. The lowest BCUT2D eigenvalue weighted by Gasteiger charge is -2.06. The summed E-state index contributed by atoms with van der Waals surface area (Å²) in [4.78, 5) is 30.0. The SMILES string of the molecule is O=C(Cc1ccccc1)NCCNC(=O)c1nc(-c2cccs2)n(-c2ccccc2)n1. The van der Waals surface area contributed by atoms with Gasteiger partial charge >= 0.3 is 0 Å². The summed E-state index contributed by atoms with van der Waals surface area (Å²) in [6.45, 7) is 0.613. The quantitative estimate of drug-likeness (QED) is 0.420. The first-order valence-electron chi connectivity index (χ1n) is 9.86. The van der Waals surface area contributed by atoms with Crippen LogP contribution in [0.2, 0.25) is 0 Å². The number of hydrogen-bond acceptors (Lipinski definition) is 5. The van der Waals surface area contributed by atoms with Crippen molar-refractivity contribution in [2.24, 2.45) is 0 Å². The third-order valence-corrected chi connectivity index (χ3v) is 5.36. The van der Waals surface area contributed by atoms with Crippen molar-refractivity contribution >= 4 is 23.2 Å². The Kier molecular flexibility index (Phi) is 6.49. The normalized spacial score (nSPS) is 10.6. The molecule has 0 saturated heterocycles. The van der Waals surface area contributed by atoms with E-state index in [1.807, 2.05) is 78.2 Å². The maximum atomic E-state index is 12.6. The smallest absolute Gasteiger partial charge is 0.291 e. The Morgan fingerprint density at radius 2 is 1.58 bits per heavy atom. The maximum absolute atomic E-state index is 12.6. The van der Waals surface area contributed by atoms with Gasteiger partial charge in [0, 0.05) is 13.1 Å². The molecule has 2 amide bonds. The van der Waals surface area contributed by atoms with E-state index >= 15 is 0 Å². The van der Waals surface area contributed by atoms with Gasteiger partial charge in [-0.1, -0.05) is 54.6 Å². The zero-order valence-corrected chi connectivity index (χ0v) is 17.5. The fourth-order valence-electron chi connectivity index (χ4n) is 3.02. The van der Waals surface area contributed by atoms with Crippen molar-refractivity contribution < 1.29 is 9.59 Å². The molecule has 0 aliphatic rings. The van der Waals surface area contributed by atoms with Gasteiger partial charge in [-0.2, -0.15) is 0 Å². The predicted octanol–water partition coefficient (Wildman–Crippen LogP) is 3.08. The lowest BCUT2D eigenvalue weighted by Crippen LogP contribution is -2.35. The Morgan fingerprint density at radius 1 is 0.871 bits per heavy atom. The lowest BCUT2D eigenvalue weighted by molar-refractivity contribution is -0.120. The van der Waals surface area contributed by atoms with Gasteiger partial charge in [0.05, 0.1) is 17.0 Å². The molecule has 156 valence electrons. The van der Waals surface area contributed by atoms with E-state index in [-0.39, 0.29) is 24.2 Å². The molecule has 2 N–H and O–H groups in total. The molecular weight excluding hydrogens is 410 g/mol. The molecule has 0 atom stereocenters. The Hall–Kier alpha value is -3.78. The molecule has 0 radical (unpaired) electrons. The number of aromatic nitrogens is 3. The number of nitrogens with zero attached hydrogens (tertiary/aromatic N) is 3. The topological polar surface area (TPSA) is 88.9 Å². The van der Waals surface area contributed by atoms with Crippen LogP contribution >= 0.6 is 11.3 Å². The molecule has 0 aliphatic heterocycles. The molecule has 31 heavy (non-hydrogen) atoms. The van der Waals surface area contributed by atoms with Crippen LogP contribution in [0.1, 0.15) is 16.2 Å². The number of para-hydroxylation sites is 1. The zero-order chi connectivity index (χ0) is 21.5. The molecule has 2 aromatic heterocycles. The van der Waals surface area contributed by atoms with Crippen molar-refractivity contribution in [3.05, 3.63) is 89.6 Å².